The monoisotopic (exact) mass is 337 g/mol. The average molecular weight is 338 g/mol. The molecule has 0 fully saturated rings. The summed E-state index contributed by atoms with van der Waals surface area (Å²) in [4.78, 5) is 14.2. The Labute approximate surface area is 122 Å². The average Bonchev–Trinajstić information content (AvgIpc) is 2.33. The molecule has 0 amide bonds. The Morgan fingerprint density at radius 2 is 1.95 bits per heavy atom. The summed E-state index contributed by atoms with van der Waals surface area (Å²) in [6, 6.07) is 3.55. The van der Waals surface area contributed by atoms with Gasteiger partial charge in [0.15, 0.2) is 11.6 Å². The highest BCUT2D eigenvalue weighted by molar-refractivity contribution is 7.90. The summed E-state index contributed by atoms with van der Waals surface area (Å²) in [5.74, 6) is -1.83. The van der Waals surface area contributed by atoms with Gasteiger partial charge in [-0.25, -0.2) is 17.6 Å². The van der Waals surface area contributed by atoms with Crippen LogP contribution in [0.25, 0.3) is 0 Å². The smallest absolute Gasteiger partial charge is 0.363 e. The van der Waals surface area contributed by atoms with Crippen molar-refractivity contribution in [3.8, 4) is 0 Å². The maximum Gasteiger partial charge on any atom is 0.363 e. The number of halogens is 3. The molecule has 0 aliphatic rings. The molecular weight excluding hydrogens is 332 g/mol. The van der Waals surface area contributed by atoms with Gasteiger partial charge in [0.05, 0.1) is 11.2 Å². The third-order valence-electron chi connectivity index (χ3n) is 2.31. The van der Waals surface area contributed by atoms with Crippen LogP contribution in [0.1, 0.15) is 0 Å². The van der Waals surface area contributed by atoms with Crippen molar-refractivity contribution in [2.24, 2.45) is 0 Å². The van der Waals surface area contributed by atoms with Gasteiger partial charge in [0.25, 0.3) is 10.0 Å². The van der Waals surface area contributed by atoms with Crippen LogP contribution >= 0.6 is 23.2 Å². The maximum absolute atomic E-state index is 13.3. The van der Waals surface area contributed by atoms with E-state index in [0.717, 1.165) is 6.07 Å². The number of aromatic nitrogens is 2. The SMILES string of the molecule is Nc1nc(=O)n(S(=O)(=O)c2ccc(Cl)cc2Cl)cc1F. The molecule has 1 aromatic carbocycles. The van der Waals surface area contributed by atoms with Gasteiger partial charge in [-0.1, -0.05) is 23.2 Å². The molecule has 6 nitrogen and oxygen atoms in total. The highest BCUT2D eigenvalue weighted by atomic mass is 35.5. The van der Waals surface area contributed by atoms with Crippen molar-refractivity contribution in [1.82, 2.24) is 8.96 Å². The van der Waals surface area contributed by atoms with Crippen LogP contribution < -0.4 is 11.4 Å². The van der Waals surface area contributed by atoms with Crippen molar-refractivity contribution >= 4 is 39.0 Å². The predicted octanol–water partition coefficient (Wildman–Crippen LogP) is 1.51. The molecule has 0 unspecified atom stereocenters. The molecule has 2 aromatic rings. The number of nitrogens with zero attached hydrogens (tertiary/aromatic N) is 2. The van der Waals surface area contributed by atoms with Crippen LogP contribution in [0.5, 0.6) is 0 Å². The molecule has 0 aliphatic carbocycles. The van der Waals surface area contributed by atoms with E-state index in [-0.39, 0.29) is 14.0 Å². The van der Waals surface area contributed by atoms with Crippen LogP contribution in [-0.2, 0) is 10.0 Å². The van der Waals surface area contributed by atoms with E-state index in [1.54, 1.807) is 0 Å². The van der Waals surface area contributed by atoms with E-state index in [0.29, 0.717) is 6.20 Å². The third kappa shape index (κ3) is 2.49. The molecule has 2 rings (SSSR count). The summed E-state index contributed by atoms with van der Waals surface area (Å²) >= 11 is 11.4. The number of nitrogens with two attached hydrogens (primary N) is 1. The van der Waals surface area contributed by atoms with Gasteiger partial charge < -0.3 is 5.73 Å². The summed E-state index contributed by atoms with van der Waals surface area (Å²) in [5, 5.41) is 0.00421. The Balaban J connectivity index is 2.73. The van der Waals surface area contributed by atoms with Crippen molar-refractivity contribution in [2.45, 2.75) is 4.90 Å². The Hall–Kier alpha value is -1.64. The van der Waals surface area contributed by atoms with Crippen LogP contribution in [0, 0.1) is 5.82 Å². The van der Waals surface area contributed by atoms with Gasteiger partial charge in [-0.15, -0.1) is 0 Å². The fourth-order valence-electron chi connectivity index (χ4n) is 1.39. The lowest BCUT2D eigenvalue weighted by Gasteiger charge is -2.09. The van der Waals surface area contributed by atoms with Gasteiger partial charge in [-0.05, 0) is 18.2 Å². The van der Waals surface area contributed by atoms with Crippen molar-refractivity contribution in [3.63, 3.8) is 0 Å². The first kappa shape index (κ1) is 14.8. The van der Waals surface area contributed by atoms with E-state index in [1.165, 1.54) is 12.1 Å². The second kappa shape index (κ2) is 5.04. The molecular formula is C10H6Cl2FN3O3S. The molecule has 2 N–H and O–H groups in total. The fourth-order valence-corrected chi connectivity index (χ4v) is 3.33. The lowest BCUT2D eigenvalue weighted by atomic mass is 10.4. The van der Waals surface area contributed by atoms with Gasteiger partial charge in [-0.3, -0.25) is 0 Å². The Bertz CT molecular complexity index is 851. The van der Waals surface area contributed by atoms with E-state index in [9.17, 15) is 17.6 Å². The number of hydrogen-bond acceptors (Lipinski definition) is 5. The lowest BCUT2D eigenvalue weighted by Crippen LogP contribution is -2.30. The minimum absolute atomic E-state index is 0.119. The van der Waals surface area contributed by atoms with Crippen LogP contribution in [0.15, 0.2) is 34.1 Å². The number of benzene rings is 1. The normalized spacial score (nSPS) is 11.6. The van der Waals surface area contributed by atoms with Crippen LogP contribution in [-0.4, -0.2) is 17.4 Å². The number of hydrogen-bond donors (Lipinski definition) is 1. The summed E-state index contributed by atoms with van der Waals surface area (Å²) in [6.45, 7) is 0. The quantitative estimate of drug-likeness (QED) is 0.896. The second-order valence-corrected chi connectivity index (χ2v) is 6.26. The molecule has 1 heterocycles. The summed E-state index contributed by atoms with van der Waals surface area (Å²) in [6.07, 6.45) is 0.435. The van der Waals surface area contributed by atoms with Gasteiger partial charge in [0.1, 0.15) is 4.90 Å². The van der Waals surface area contributed by atoms with Crippen LogP contribution in [0.4, 0.5) is 10.2 Å². The molecule has 20 heavy (non-hydrogen) atoms. The lowest BCUT2D eigenvalue weighted by molar-refractivity contribution is 0.572. The minimum Gasteiger partial charge on any atom is -0.381 e. The van der Waals surface area contributed by atoms with E-state index < -0.39 is 32.2 Å². The Morgan fingerprint density at radius 3 is 2.55 bits per heavy atom. The molecule has 0 radical (unpaired) electrons. The van der Waals surface area contributed by atoms with Crippen LogP contribution in [0.2, 0.25) is 10.0 Å². The van der Waals surface area contributed by atoms with Gasteiger partial charge in [0, 0.05) is 5.02 Å². The molecule has 106 valence electrons. The molecule has 0 atom stereocenters. The molecule has 0 aliphatic heterocycles. The first-order valence-electron chi connectivity index (χ1n) is 4.99. The van der Waals surface area contributed by atoms with E-state index in [2.05, 4.69) is 4.98 Å². The van der Waals surface area contributed by atoms with Crippen molar-refractivity contribution < 1.29 is 12.8 Å². The number of rotatable bonds is 2. The zero-order valence-electron chi connectivity index (χ0n) is 9.55. The topological polar surface area (TPSA) is 95.0 Å². The Morgan fingerprint density at radius 1 is 1.30 bits per heavy atom. The van der Waals surface area contributed by atoms with E-state index in [4.69, 9.17) is 28.9 Å². The Kier molecular flexibility index (Phi) is 3.72. The zero-order valence-corrected chi connectivity index (χ0v) is 11.9. The number of nitrogen functional groups attached to an aromatic ring is 1. The first-order valence-corrected chi connectivity index (χ1v) is 7.18. The highest BCUT2D eigenvalue weighted by Gasteiger charge is 2.23. The van der Waals surface area contributed by atoms with Crippen molar-refractivity contribution in [2.75, 3.05) is 5.73 Å². The van der Waals surface area contributed by atoms with Crippen molar-refractivity contribution in [1.29, 1.82) is 0 Å². The molecule has 0 spiro atoms. The largest absolute Gasteiger partial charge is 0.381 e. The standard InChI is InChI=1S/C10H6Cl2FN3O3S/c11-5-1-2-8(6(12)3-5)20(18,19)16-4-7(13)9(14)15-10(16)17/h1-4H,(H2,14,15,17). The maximum atomic E-state index is 13.3. The van der Waals surface area contributed by atoms with Crippen LogP contribution in [0.3, 0.4) is 0 Å². The van der Waals surface area contributed by atoms with Crippen molar-refractivity contribution in [3.05, 3.63) is 50.7 Å². The minimum atomic E-state index is -4.40. The second-order valence-electron chi connectivity index (χ2n) is 3.63. The molecule has 0 bridgehead atoms. The molecule has 1 aromatic heterocycles. The van der Waals surface area contributed by atoms with Gasteiger partial charge in [-0.2, -0.15) is 8.96 Å². The van der Waals surface area contributed by atoms with Gasteiger partial charge >= 0.3 is 5.69 Å². The molecule has 10 heteroatoms. The zero-order chi connectivity index (χ0) is 15.1. The number of anilines is 1. The third-order valence-corrected chi connectivity index (χ3v) is 4.66. The molecule has 0 saturated carbocycles. The predicted molar refractivity (Wildman–Crippen MR) is 71.9 cm³/mol. The van der Waals surface area contributed by atoms with Gasteiger partial charge in [0.2, 0.25) is 0 Å². The summed E-state index contributed by atoms with van der Waals surface area (Å²) in [7, 11) is -4.40. The fraction of sp³-hybridized carbons (Fsp3) is 0. The van der Waals surface area contributed by atoms with E-state index in [1.807, 2.05) is 0 Å². The summed E-state index contributed by atoms with van der Waals surface area (Å²) in [5.41, 5.74) is 3.84. The summed E-state index contributed by atoms with van der Waals surface area (Å²) < 4.78 is 37.9. The van der Waals surface area contributed by atoms with E-state index >= 15 is 0 Å². The highest BCUT2D eigenvalue weighted by Crippen LogP contribution is 2.26. The molecule has 0 saturated heterocycles. The first-order chi connectivity index (χ1) is 9.23.